The zero-order chi connectivity index (χ0) is 15.4. The minimum atomic E-state index is -0.208. The molecular weight excluding hydrogens is 288 g/mol. The van der Waals surface area contributed by atoms with Gasteiger partial charge >= 0.3 is 0 Å². The van der Waals surface area contributed by atoms with Gasteiger partial charge in [-0.1, -0.05) is 11.6 Å². The van der Waals surface area contributed by atoms with Crippen LogP contribution in [0.25, 0.3) is 0 Å². The summed E-state index contributed by atoms with van der Waals surface area (Å²) < 4.78 is 1.94. The van der Waals surface area contributed by atoms with E-state index in [0.29, 0.717) is 22.8 Å². The summed E-state index contributed by atoms with van der Waals surface area (Å²) in [5.74, 6) is -0.208. The fourth-order valence-corrected chi connectivity index (χ4v) is 2.35. The number of hydrogen-bond donors (Lipinski definition) is 2. The SMILES string of the molecule is Cc1cc(C)n(CCCNC(=O)c2cc(N)ccc2Cl)n1. The van der Waals surface area contributed by atoms with Crippen molar-refractivity contribution < 1.29 is 4.79 Å². The number of benzene rings is 1. The fraction of sp³-hybridized carbons (Fsp3) is 0.333. The Balaban J connectivity index is 1.84. The molecule has 0 fully saturated rings. The van der Waals surface area contributed by atoms with Gasteiger partial charge in [0.15, 0.2) is 0 Å². The smallest absolute Gasteiger partial charge is 0.252 e. The summed E-state index contributed by atoms with van der Waals surface area (Å²) in [6.07, 6.45) is 0.799. The molecule has 2 aromatic rings. The number of carbonyl (C=O) groups excluding carboxylic acids is 1. The van der Waals surface area contributed by atoms with Gasteiger partial charge in [0.25, 0.3) is 5.91 Å². The van der Waals surface area contributed by atoms with Crippen molar-refractivity contribution in [2.45, 2.75) is 26.8 Å². The normalized spacial score (nSPS) is 10.6. The lowest BCUT2D eigenvalue weighted by molar-refractivity contribution is 0.0953. The van der Waals surface area contributed by atoms with Gasteiger partial charge in [-0.2, -0.15) is 5.10 Å². The molecule has 21 heavy (non-hydrogen) atoms. The highest BCUT2D eigenvalue weighted by Crippen LogP contribution is 2.18. The highest BCUT2D eigenvalue weighted by Gasteiger charge is 2.10. The van der Waals surface area contributed by atoms with E-state index in [1.54, 1.807) is 18.2 Å². The van der Waals surface area contributed by atoms with E-state index in [1.807, 2.05) is 24.6 Å². The third kappa shape index (κ3) is 3.98. The Bertz CT molecular complexity index is 651. The quantitative estimate of drug-likeness (QED) is 0.658. The number of halogens is 1. The molecule has 3 N–H and O–H groups in total. The molecule has 6 heteroatoms. The molecule has 1 aromatic carbocycles. The second-order valence-corrected chi connectivity index (χ2v) is 5.41. The fourth-order valence-electron chi connectivity index (χ4n) is 2.14. The second-order valence-electron chi connectivity index (χ2n) is 5.00. The van der Waals surface area contributed by atoms with Gasteiger partial charge in [0.05, 0.1) is 16.3 Å². The van der Waals surface area contributed by atoms with E-state index >= 15 is 0 Å². The minimum Gasteiger partial charge on any atom is -0.399 e. The van der Waals surface area contributed by atoms with Gasteiger partial charge in [-0.3, -0.25) is 9.48 Å². The van der Waals surface area contributed by atoms with Gasteiger partial charge in [0, 0.05) is 24.5 Å². The molecule has 0 saturated heterocycles. The summed E-state index contributed by atoms with van der Waals surface area (Å²) >= 11 is 5.99. The molecule has 5 nitrogen and oxygen atoms in total. The summed E-state index contributed by atoms with van der Waals surface area (Å²) in [6, 6.07) is 6.91. The number of rotatable bonds is 5. The first-order valence-corrected chi connectivity index (χ1v) is 7.19. The summed E-state index contributed by atoms with van der Waals surface area (Å²) in [5.41, 5.74) is 8.72. The topological polar surface area (TPSA) is 72.9 Å². The molecule has 0 bridgehead atoms. The Hall–Kier alpha value is -2.01. The zero-order valence-electron chi connectivity index (χ0n) is 12.2. The predicted molar refractivity (Wildman–Crippen MR) is 84.5 cm³/mol. The van der Waals surface area contributed by atoms with Crippen LogP contribution in [0, 0.1) is 13.8 Å². The van der Waals surface area contributed by atoms with E-state index in [-0.39, 0.29) is 5.91 Å². The Morgan fingerprint density at radius 2 is 2.14 bits per heavy atom. The molecular formula is C15H19ClN4O. The number of anilines is 1. The molecule has 112 valence electrons. The van der Waals surface area contributed by atoms with Crippen molar-refractivity contribution in [2.75, 3.05) is 12.3 Å². The molecule has 0 aliphatic rings. The van der Waals surface area contributed by atoms with Gasteiger partial charge in [-0.15, -0.1) is 0 Å². The maximum atomic E-state index is 12.0. The van der Waals surface area contributed by atoms with Crippen molar-refractivity contribution in [1.82, 2.24) is 15.1 Å². The van der Waals surface area contributed by atoms with E-state index in [1.165, 1.54) is 0 Å². The Morgan fingerprint density at radius 3 is 2.81 bits per heavy atom. The number of nitrogens with zero attached hydrogens (tertiary/aromatic N) is 2. The zero-order valence-corrected chi connectivity index (χ0v) is 12.9. The number of nitrogens with one attached hydrogen (secondary N) is 1. The number of carbonyl (C=O) groups is 1. The van der Waals surface area contributed by atoms with Crippen LogP contribution in [-0.4, -0.2) is 22.2 Å². The van der Waals surface area contributed by atoms with Crippen LogP contribution in [0.5, 0.6) is 0 Å². The first-order valence-electron chi connectivity index (χ1n) is 6.81. The lowest BCUT2D eigenvalue weighted by Gasteiger charge is -2.08. The van der Waals surface area contributed by atoms with E-state index in [4.69, 9.17) is 17.3 Å². The van der Waals surface area contributed by atoms with E-state index in [2.05, 4.69) is 10.4 Å². The lowest BCUT2D eigenvalue weighted by atomic mass is 10.2. The number of amides is 1. The van der Waals surface area contributed by atoms with Crippen molar-refractivity contribution in [3.63, 3.8) is 0 Å². The monoisotopic (exact) mass is 306 g/mol. The van der Waals surface area contributed by atoms with Gasteiger partial charge in [-0.05, 0) is 44.5 Å². The van der Waals surface area contributed by atoms with Crippen LogP contribution in [0.1, 0.15) is 28.2 Å². The molecule has 1 heterocycles. The molecule has 1 aromatic heterocycles. The maximum absolute atomic E-state index is 12.0. The molecule has 0 aliphatic heterocycles. The molecule has 2 rings (SSSR count). The predicted octanol–water partition coefficient (Wildman–Crippen LogP) is 2.56. The van der Waals surface area contributed by atoms with Crippen LogP contribution in [0.15, 0.2) is 24.3 Å². The molecule has 0 aliphatic carbocycles. The van der Waals surface area contributed by atoms with Crippen molar-refractivity contribution in [2.24, 2.45) is 0 Å². The first-order chi connectivity index (χ1) is 9.97. The van der Waals surface area contributed by atoms with Gasteiger partial charge < -0.3 is 11.1 Å². The van der Waals surface area contributed by atoms with Crippen LogP contribution >= 0.6 is 11.6 Å². The second kappa shape index (κ2) is 6.63. The Morgan fingerprint density at radius 1 is 1.38 bits per heavy atom. The average Bonchev–Trinajstić information content (AvgIpc) is 2.75. The van der Waals surface area contributed by atoms with Crippen molar-refractivity contribution in [1.29, 1.82) is 0 Å². The molecule has 0 spiro atoms. The van der Waals surface area contributed by atoms with Crippen LogP contribution in [0.4, 0.5) is 5.69 Å². The standard InChI is InChI=1S/C15H19ClN4O/c1-10-8-11(2)20(19-10)7-3-6-18-15(21)13-9-12(17)4-5-14(13)16/h4-5,8-9H,3,6-7,17H2,1-2H3,(H,18,21). The van der Waals surface area contributed by atoms with Crippen LogP contribution in [0.2, 0.25) is 5.02 Å². The van der Waals surface area contributed by atoms with Crippen LogP contribution in [0.3, 0.4) is 0 Å². The van der Waals surface area contributed by atoms with Crippen LogP contribution < -0.4 is 11.1 Å². The highest BCUT2D eigenvalue weighted by atomic mass is 35.5. The molecule has 0 atom stereocenters. The summed E-state index contributed by atoms with van der Waals surface area (Å²) in [7, 11) is 0. The summed E-state index contributed by atoms with van der Waals surface area (Å²) in [4.78, 5) is 12.0. The average molecular weight is 307 g/mol. The Labute approximate surface area is 129 Å². The molecule has 0 radical (unpaired) electrons. The largest absolute Gasteiger partial charge is 0.399 e. The number of hydrogen-bond acceptors (Lipinski definition) is 3. The number of aromatic nitrogens is 2. The molecule has 0 saturated carbocycles. The Kier molecular flexibility index (Phi) is 4.85. The number of nitrogens with two attached hydrogens (primary N) is 1. The maximum Gasteiger partial charge on any atom is 0.252 e. The van der Waals surface area contributed by atoms with Crippen molar-refractivity contribution >= 4 is 23.2 Å². The number of aryl methyl sites for hydroxylation is 3. The van der Waals surface area contributed by atoms with Gasteiger partial charge in [0.1, 0.15) is 0 Å². The summed E-state index contributed by atoms with van der Waals surface area (Å²) in [5, 5.41) is 7.62. The molecule has 1 amide bonds. The van der Waals surface area contributed by atoms with Crippen molar-refractivity contribution in [3.05, 3.63) is 46.2 Å². The van der Waals surface area contributed by atoms with E-state index in [0.717, 1.165) is 24.4 Å². The van der Waals surface area contributed by atoms with E-state index in [9.17, 15) is 4.79 Å². The van der Waals surface area contributed by atoms with Gasteiger partial charge in [-0.25, -0.2) is 0 Å². The first kappa shape index (κ1) is 15.4. The highest BCUT2D eigenvalue weighted by molar-refractivity contribution is 6.34. The van der Waals surface area contributed by atoms with Crippen molar-refractivity contribution in [3.8, 4) is 0 Å². The molecule has 0 unspecified atom stereocenters. The van der Waals surface area contributed by atoms with E-state index < -0.39 is 0 Å². The third-order valence-corrected chi connectivity index (χ3v) is 3.50. The lowest BCUT2D eigenvalue weighted by Crippen LogP contribution is -2.25. The minimum absolute atomic E-state index is 0.208. The summed E-state index contributed by atoms with van der Waals surface area (Å²) in [6.45, 7) is 5.31. The number of nitrogen functional groups attached to an aromatic ring is 1. The van der Waals surface area contributed by atoms with Gasteiger partial charge in [0.2, 0.25) is 0 Å². The van der Waals surface area contributed by atoms with Crippen LogP contribution in [-0.2, 0) is 6.54 Å². The third-order valence-electron chi connectivity index (χ3n) is 3.17.